The summed E-state index contributed by atoms with van der Waals surface area (Å²) < 4.78 is 11.0. The summed E-state index contributed by atoms with van der Waals surface area (Å²) in [5.74, 6) is 1.13. The number of amides is 1. The van der Waals surface area contributed by atoms with Crippen LogP contribution >= 0.6 is 11.6 Å². The standard InChI is InChI=1S/C19H13ClN2O3/c20-13-1-4-15(5-2-13)25-19(23)22-14-3-6-17-16-7-8-21-10-12(16)11-24-18(17)9-14/h1-10H,11H2,(H,22,23). The van der Waals surface area contributed by atoms with E-state index in [-0.39, 0.29) is 0 Å². The fourth-order valence-electron chi connectivity index (χ4n) is 2.66. The molecule has 124 valence electrons. The van der Waals surface area contributed by atoms with Crippen molar-refractivity contribution in [1.29, 1.82) is 0 Å². The van der Waals surface area contributed by atoms with Gasteiger partial charge in [-0.2, -0.15) is 0 Å². The summed E-state index contributed by atoms with van der Waals surface area (Å²) in [4.78, 5) is 16.1. The average Bonchev–Trinajstić information content (AvgIpc) is 2.63. The maximum atomic E-state index is 12.0. The molecule has 4 rings (SSSR count). The third-order valence-electron chi connectivity index (χ3n) is 3.83. The molecule has 2 aromatic carbocycles. The normalized spacial score (nSPS) is 11.7. The van der Waals surface area contributed by atoms with E-state index >= 15 is 0 Å². The molecule has 0 fully saturated rings. The number of ether oxygens (including phenoxy) is 2. The van der Waals surface area contributed by atoms with Gasteiger partial charge >= 0.3 is 6.09 Å². The lowest BCUT2D eigenvalue weighted by atomic mass is 9.99. The van der Waals surface area contributed by atoms with Crippen molar-refractivity contribution in [3.63, 3.8) is 0 Å². The Bertz CT molecular complexity index is 942. The van der Waals surface area contributed by atoms with Crippen LogP contribution in [0.2, 0.25) is 5.02 Å². The molecule has 5 nitrogen and oxygen atoms in total. The third-order valence-corrected chi connectivity index (χ3v) is 4.08. The zero-order chi connectivity index (χ0) is 17.2. The molecule has 2 heterocycles. The fraction of sp³-hybridized carbons (Fsp3) is 0.0526. The van der Waals surface area contributed by atoms with E-state index in [2.05, 4.69) is 10.3 Å². The van der Waals surface area contributed by atoms with Crippen LogP contribution in [-0.2, 0) is 6.61 Å². The first-order chi connectivity index (χ1) is 12.2. The van der Waals surface area contributed by atoms with E-state index < -0.39 is 6.09 Å². The van der Waals surface area contributed by atoms with Crippen LogP contribution in [0, 0.1) is 0 Å². The van der Waals surface area contributed by atoms with Gasteiger partial charge in [-0.15, -0.1) is 0 Å². The number of hydrogen-bond acceptors (Lipinski definition) is 4. The molecular formula is C19H13ClN2O3. The molecule has 25 heavy (non-hydrogen) atoms. The Morgan fingerprint density at radius 2 is 1.96 bits per heavy atom. The second-order valence-electron chi connectivity index (χ2n) is 5.50. The summed E-state index contributed by atoms with van der Waals surface area (Å²) in [7, 11) is 0. The minimum atomic E-state index is -0.581. The molecule has 1 amide bonds. The summed E-state index contributed by atoms with van der Waals surface area (Å²) >= 11 is 5.81. The summed E-state index contributed by atoms with van der Waals surface area (Å²) in [6.07, 6.45) is 2.97. The molecule has 1 aromatic heterocycles. The predicted molar refractivity (Wildman–Crippen MR) is 95.1 cm³/mol. The molecule has 0 saturated carbocycles. The van der Waals surface area contributed by atoms with Crippen LogP contribution in [-0.4, -0.2) is 11.1 Å². The van der Waals surface area contributed by atoms with Crippen LogP contribution in [0.25, 0.3) is 11.1 Å². The summed E-state index contributed by atoms with van der Waals surface area (Å²) in [5, 5.41) is 3.27. The Kier molecular flexibility index (Phi) is 3.99. The van der Waals surface area contributed by atoms with Crippen molar-refractivity contribution in [2.45, 2.75) is 6.61 Å². The highest BCUT2D eigenvalue weighted by Crippen LogP contribution is 2.38. The largest absolute Gasteiger partial charge is 0.488 e. The summed E-state index contributed by atoms with van der Waals surface area (Å²) in [5.41, 5.74) is 3.69. The molecule has 0 saturated heterocycles. The van der Waals surface area contributed by atoms with Gasteiger partial charge in [-0.25, -0.2) is 4.79 Å². The molecule has 0 radical (unpaired) electrons. The van der Waals surface area contributed by atoms with E-state index in [0.717, 1.165) is 16.7 Å². The van der Waals surface area contributed by atoms with Gasteiger partial charge in [0.2, 0.25) is 0 Å². The number of aromatic nitrogens is 1. The fourth-order valence-corrected chi connectivity index (χ4v) is 2.78. The Labute approximate surface area is 149 Å². The second-order valence-corrected chi connectivity index (χ2v) is 5.94. The van der Waals surface area contributed by atoms with Crippen LogP contribution in [0.4, 0.5) is 10.5 Å². The van der Waals surface area contributed by atoms with Crippen LogP contribution in [0.3, 0.4) is 0 Å². The lowest BCUT2D eigenvalue weighted by Gasteiger charge is -2.21. The average molecular weight is 353 g/mol. The van der Waals surface area contributed by atoms with E-state index in [4.69, 9.17) is 21.1 Å². The molecule has 0 spiro atoms. The number of hydrogen-bond donors (Lipinski definition) is 1. The molecule has 0 unspecified atom stereocenters. The smallest absolute Gasteiger partial charge is 0.417 e. The zero-order valence-corrected chi connectivity index (χ0v) is 13.8. The molecule has 0 aliphatic carbocycles. The molecule has 1 N–H and O–H groups in total. The molecule has 3 aromatic rings. The molecular weight excluding hydrogens is 340 g/mol. The SMILES string of the molecule is O=C(Nc1ccc2c(c1)OCc1cnccc1-2)Oc1ccc(Cl)cc1. The van der Waals surface area contributed by atoms with Gasteiger partial charge < -0.3 is 9.47 Å². The molecule has 0 bridgehead atoms. The van der Waals surface area contributed by atoms with Crippen molar-refractivity contribution in [3.8, 4) is 22.6 Å². The Morgan fingerprint density at radius 3 is 2.80 bits per heavy atom. The van der Waals surface area contributed by atoms with Crippen LogP contribution in [0.15, 0.2) is 60.9 Å². The first-order valence-electron chi connectivity index (χ1n) is 7.63. The molecule has 0 atom stereocenters. The van der Waals surface area contributed by atoms with E-state index in [9.17, 15) is 4.79 Å². The predicted octanol–water partition coefficient (Wildman–Crippen LogP) is 4.91. The number of nitrogens with zero attached hydrogens (tertiary/aromatic N) is 1. The minimum absolute atomic E-state index is 0.414. The number of anilines is 1. The summed E-state index contributed by atoms with van der Waals surface area (Å²) in [6.45, 7) is 0.453. The Balaban J connectivity index is 1.51. The highest BCUT2D eigenvalue weighted by Gasteiger charge is 2.18. The van der Waals surface area contributed by atoms with E-state index in [1.807, 2.05) is 12.1 Å². The number of carbonyl (C=O) groups is 1. The molecule has 1 aliphatic rings. The van der Waals surface area contributed by atoms with Crippen molar-refractivity contribution in [1.82, 2.24) is 4.98 Å². The number of halogens is 1. The van der Waals surface area contributed by atoms with Crippen molar-refractivity contribution in [3.05, 3.63) is 71.5 Å². The maximum Gasteiger partial charge on any atom is 0.417 e. The van der Waals surface area contributed by atoms with E-state index in [0.29, 0.717) is 28.8 Å². The van der Waals surface area contributed by atoms with Gasteiger partial charge in [-0.3, -0.25) is 10.3 Å². The molecule has 6 heteroatoms. The highest BCUT2D eigenvalue weighted by molar-refractivity contribution is 6.30. The van der Waals surface area contributed by atoms with Gasteiger partial charge in [-0.05, 0) is 48.0 Å². The number of pyridine rings is 1. The zero-order valence-electron chi connectivity index (χ0n) is 13.0. The lowest BCUT2D eigenvalue weighted by molar-refractivity contribution is 0.215. The highest BCUT2D eigenvalue weighted by atomic mass is 35.5. The van der Waals surface area contributed by atoms with Crippen LogP contribution in [0.5, 0.6) is 11.5 Å². The monoisotopic (exact) mass is 352 g/mol. The number of carbonyl (C=O) groups excluding carboxylic acids is 1. The summed E-state index contributed by atoms with van der Waals surface area (Å²) in [6, 6.07) is 14.0. The van der Waals surface area contributed by atoms with Gasteiger partial charge in [0.1, 0.15) is 18.1 Å². The number of rotatable bonds is 2. The van der Waals surface area contributed by atoms with Crippen molar-refractivity contribution in [2.24, 2.45) is 0 Å². The second kappa shape index (κ2) is 6.45. The quantitative estimate of drug-likeness (QED) is 0.712. The van der Waals surface area contributed by atoms with Crippen LogP contribution in [0.1, 0.15) is 5.56 Å². The topological polar surface area (TPSA) is 60.5 Å². The lowest BCUT2D eigenvalue weighted by Crippen LogP contribution is -2.17. The van der Waals surface area contributed by atoms with Gasteiger partial charge in [0.15, 0.2) is 0 Å². The van der Waals surface area contributed by atoms with Crippen LogP contribution < -0.4 is 14.8 Å². The van der Waals surface area contributed by atoms with E-state index in [1.165, 1.54) is 0 Å². The number of benzene rings is 2. The first-order valence-corrected chi connectivity index (χ1v) is 8.01. The van der Waals surface area contributed by atoms with Gasteiger partial charge in [0.05, 0.1) is 0 Å². The van der Waals surface area contributed by atoms with Gasteiger partial charge in [0.25, 0.3) is 0 Å². The van der Waals surface area contributed by atoms with E-state index in [1.54, 1.807) is 48.8 Å². The van der Waals surface area contributed by atoms with Crippen molar-refractivity contribution in [2.75, 3.05) is 5.32 Å². The number of nitrogens with one attached hydrogen (secondary N) is 1. The Morgan fingerprint density at radius 1 is 1.12 bits per heavy atom. The van der Waals surface area contributed by atoms with Gasteiger partial charge in [0, 0.05) is 40.3 Å². The maximum absolute atomic E-state index is 12.0. The van der Waals surface area contributed by atoms with Gasteiger partial charge in [-0.1, -0.05) is 11.6 Å². The van der Waals surface area contributed by atoms with Crippen molar-refractivity contribution >= 4 is 23.4 Å². The van der Waals surface area contributed by atoms with Crippen molar-refractivity contribution < 1.29 is 14.3 Å². The minimum Gasteiger partial charge on any atom is -0.488 e. The first kappa shape index (κ1) is 15.5. The third kappa shape index (κ3) is 3.27. The number of fused-ring (bicyclic) bond motifs is 3. The molecule has 1 aliphatic heterocycles. The Hall–Kier alpha value is -3.05.